The second-order valence-electron chi connectivity index (χ2n) is 4.36. The van der Waals surface area contributed by atoms with E-state index in [0.717, 1.165) is 11.8 Å². The Morgan fingerprint density at radius 2 is 1.46 bits per heavy atom. The van der Waals surface area contributed by atoms with Crippen LogP contribution in [-0.4, -0.2) is 13.1 Å². The highest BCUT2D eigenvalue weighted by atomic mass is 14.9. The molecular formula is C12H15N. The fourth-order valence-corrected chi connectivity index (χ4v) is 2.79. The Morgan fingerprint density at radius 1 is 0.923 bits per heavy atom. The Labute approximate surface area is 79.2 Å². The van der Waals surface area contributed by atoms with E-state index in [4.69, 9.17) is 0 Å². The predicted octanol–water partition coefficient (Wildman–Crippen LogP) is 1.62. The lowest BCUT2D eigenvalue weighted by Gasteiger charge is -2.26. The summed E-state index contributed by atoms with van der Waals surface area (Å²) in [5.41, 5.74) is 3.18. The first-order valence-corrected chi connectivity index (χ1v) is 5.21. The zero-order chi connectivity index (χ0) is 8.67. The van der Waals surface area contributed by atoms with Crippen molar-refractivity contribution < 1.29 is 0 Å². The van der Waals surface area contributed by atoms with Gasteiger partial charge >= 0.3 is 0 Å². The largest absolute Gasteiger partial charge is 0.316 e. The van der Waals surface area contributed by atoms with Crippen LogP contribution in [0.2, 0.25) is 0 Å². The molecule has 1 aliphatic carbocycles. The molecule has 0 spiro atoms. The van der Waals surface area contributed by atoms with Crippen molar-refractivity contribution in [3.05, 3.63) is 35.4 Å². The van der Waals surface area contributed by atoms with Crippen molar-refractivity contribution in [1.29, 1.82) is 0 Å². The molecule has 13 heavy (non-hydrogen) atoms. The molecule has 2 atom stereocenters. The quantitative estimate of drug-likeness (QED) is 0.628. The molecule has 0 aromatic heterocycles. The topological polar surface area (TPSA) is 12.0 Å². The lowest BCUT2D eigenvalue weighted by molar-refractivity contribution is 0.390. The SMILES string of the molecule is c1ccc2c(c1)C[C@@H]1CNC[C@H]1C2. The lowest BCUT2D eigenvalue weighted by Crippen LogP contribution is -2.23. The first-order valence-electron chi connectivity index (χ1n) is 5.21. The highest BCUT2D eigenvalue weighted by Gasteiger charge is 2.31. The second-order valence-corrected chi connectivity index (χ2v) is 4.36. The zero-order valence-electron chi connectivity index (χ0n) is 7.79. The summed E-state index contributed by atoms with van der Waals surface area (Å²) >= 11 is 0. The summed E-state index contributed by atoms with van der Waals surface area (Å²) in [6, 6.07) is 8.93. The van der Waals surface area contributed by atoms with Gasteiger partial charge in [-0.3, -0.25) is 0 Å². The van der Waals surface area contributed by atoms with E-state index >= 15 is 0 Å². The number of hydrogen-bond acceptors (Lipinski definition) is 1. The number of benzene rings is 1. The first kappa shape index (κ1) is 7.57. The average Bonchev–Trinajstić information content (AvgIpc) is 2.61. The van der Waals surface area contributed by atoms with Crippen LogP contribution in [-0.2, 0) is 12.8 Å². The van der Waals surface area contributed by atoms with Gasteiger partial charge in [-0.05, 0) is 48.9 Å². The zero-order valence-corrected chi connectivity index (χ0v) is 7.79. The maximum atomic E-state index is 3.50. The van der Waals surface area contributed by atoms with E-state index in [-0.39, 0.29) is 0 Å². The third-order valence-electron chi connectivity index (χ3n) is 3.56. The molecule has 1 fully saturated rings. The number of rotatable bonds is 0. The third-order valence-corrected chi connectivity index (χ3v) is 3.56. The van der Waals surface area contributed by atoms with Gasteiger partial charge in [-0.15, -0.1) is 0 Å². The first-order chi connectivity index (χ1) is 6.43. The lowest BCUT2D eigenvalue weighted by atomic mass is 9.78. The molecule has 1 nitrogen and oxygen atoms in total. The molecule has 2 aliphatic rings. The van der Waals surface area contributed by atoms with Crippen molar-refractivity contribution in [3.63, 3.8) is 0 Å². The minimum atomic E-state index is 0.912. The van der Waals surface area contributed by atoms with E-state index in [0.29, 0.717) is 0 Å². The Morgan fingerprint density at radius 3 is 2.00 bits per heavy atom. The summed E-state index contributed by atoms with van der Waals surface area (Å²) < 4.78 is 0. The minimum Gasteiger partial charge on any atom is -0.316 e. The molecule has 0 radical (unpaired) electrons. The van der Waals surface area contributed by atoms with Gasteiger partial charge < -0.3 is 5.32 Å². The molecule has 1 N–H and O–H groups in total. The molecular weight excluding hydrogens is 158 g/mol. The van der Waals surface area contributed by atoms with Crippen molar-refractivity contribution >= 4 is 0 Å². The third kappa shape index (κ3) is 1.19. The summed E-state index contributed by atoms with van der Waals surface area (Å²) in [6.45, 7) is 2.47. The highest BCUT2D eigenvalue weighted by Crippen LogP contribution is 2.31. The van der Waals surface area contributed by atoms with Gasteiger partial charge in [0, 0.05) is 0 Å². The second kappa shape index (κ2) is 2.85. The molecule has 0 amide bonds. The van der Waals surface area contributed by atoms with E-state index < -0.39 is 0 Å². The molecule has 1 saturated heterocycles. The molecule has 1 aromatic rings. The van der Waals surface area contributed by atoms with Crippen LogP contribution < -0.4 is 5.32 Å². The van der Waals surface area contributed by atoms with Gasteiger partial charge in [-0.1, -0.05) is 24.3 Å². The standard InChI is InChI=1S/C12H15N/c1-2-4-10-6-12-8-13-7-11(12)5-9(10)3-1/h1-4,11-13H,5-8H2/t11-,12-/m1/s1. The van der Waals surface area contributed by atoms with Gasteiger partial charge in [0.05, 0.1) is 0 Å². The minimum absolute atomic E-state index is 0.912. The van der Waals surface area contributed by atoms with Crippen LogP contribution in [0.3, 0.4) is 0 Å². The van der Waals surface area contributed by atoms with Crippen LogP contribution in [0.4, 0.5) is 0 Å². The van der Waals surface area contributed by atoms with Crippen molar-refractivity contribution in [2.24, 2.45) is 11.8 Å². The van der Waals surface area contributed by atoms with E-state index in [1.54, 1.807) is 11.1 Å². The van der Waals surface area contributed by atoms with Crippen molar-refractivity contribution in [3.8, 4) is 0 Å². The molecule has 0 bridgehead atoms. The van der Waals surface area contributed by atoms with E-state index in [1.165, 1.54) is 25.9 Å². The molecule has 0 unspecified atom stereocenters. The van der Waals surface area contributed by atoms with Gasteiger partial charge in [-0.25, -0.2) is 0 Å². The summed E-state index contributed by atoms with van der Waals surface area (Å²) in [5.74, 6) is 1.82. The van der Waals surface area contributed by atoms with Crippen molar-refractivity contribution in [2.45, 2.75) is 12.8 Å². The molecule has 1 aliphatic heterocycles. The molecule has 1 heteroatoms. The number of nitrogens with one attached hydrogen (secondary N) is 1. The van der Waals surface area contributed by atoms with Crippen LogP contribution in [0.25, 0.3) is 0 Å². The molecule has 0 saturated carbocycles. The summed E-state index contributed by atoms with van der Waals surface area (Å²) in [4.78, 5) is 0. The molecule has 68 valence electrons. The number of fused-ring (bicyclic) bond motifs is 2. The Kier molecular flexibility index (Phi) is 1.66. The van der Waals surface area contributed by atoms with E-state index in [9.17, 15) is 0 Å². The van der Waals surface area contributed by atoms with Gasteiger partial charge in [-0.2, -0.15) is 0 Å². The fourth-order valence-electron chi connectivity index (χ4n) is 2.79. The van der Waals surface area contributed by atoms with Gasteiger partial charge in [0.2, 0.25) is 0 Å². The summed E-state index contributed by atoms with van der Waals surface area (Å²) in [7, 11) is 0. The smallest absolute Gasteiger partial charge is 0.00140 e. The summed E-state index contributed by atoms with van der Waals surface area (Å²) in [6.07, 6.45) is 2.60. The van der Waals surface area contributed by atoms with Crippen LogP contribution in [0.1, 0.15) is 11.1 Å². The van der Waals surface area contributed by atoms with Crippen LogP contribution in [0.5, 0.6) is 0 Å². The molecule has 1 aromatic carbocycles. The average molecular weight is 173 g/mol. The van der Waals surface area contributed by atoms with E-state index in [2.05, 4.69) is 29.6 Å². The van der Waals surface area contributed by atoms with Crippen molar-refractivity contribution in [1.82, 2.24) is 5.32 Å². The highest BCUT2D eigenvalue weighted by molar-refractivity contribution is 5.31. The summed E-state index contributed by atoms with van der Waals surface area (Å²) in [5, 5.41) is 3.50. The molecule has 1 heterocycles. The Hall–Kier alpha value is -0.820. The number of hydrogen-bond donors (Lipinski definition) is 1. The van der Waals surface area contributed by atoms with Gasteiger partial charge in [0.25, 0.3) is 0 Å². The normalized spacial score (nSPS) is 31.1. The van der Waals surface area contributed by atoms with Crippen LogP contribution in [0, 0.1) is 11.8 Å². The Balaban J connectivity index is 1.97. The maximum absolute atomic E-state index is 3.50. The fraction of sp³-hybridized carbons (Fsp3) is 0.500. The van der Waals surface area contributed by atoms with Gasteiger partial charge in [0.1, 0.15) is 0 Å². The molecule has 3 rings (SSSR count). The van der Waals surface area contributed by atoms with Gasteiger partial charge in [0.15, 0.2) is 0 Å². The van der Waals surface area contributed by atoms with Crippen molar-refractivity contribution in [2.75, 3.05) is 13.1 Å². The predicted molar refractivity (Wildman–Crippen MR) is 53.7 cm³/mol. The maximum Gasteiger partial charge on any atom is -0.00140 e. The van der Waals surface area contributed by atoms with Crippen LogP contribution >= 0.6 is 0 Å². The van der Waals surface area contributed by atoms with E-state index in [1.807, 2.05) is 0 Å². The Bertz CT molecular complexity index is 288. The monoisotopic (exact) mass is 173 g/mol. The van der Waals surface area contributed by atoms with Crippen LogP contribution in [0.15, 0.2) is 24.3 Å².